The Bertz CT molecular complexity index is 1340. The van der Waals surface area contributed by atoms with Crippen LogP contribution in [-0.2, 0) is 36.8 Å². The van der Waals surface area contributed by atoms with Gasteiger partial charge in [0, 0.05) is 47.6 Å². The Balaban J connectivity index is 1.64. The molecule has 0 radical (unpaired) electrons. The summed E-state index contributed by atoms with van der Waals surface area (Å²) in [6, 6.07) is 2.53. The van der Waals surface area contributed by atoms with E-state index in [-0.39, 0.29) is 25.0 Å². The number of benzene rings is 1. The molecule has 0 aliphatic rings. The van der Waals surface area contributed by atoms with Gasteiger partial charge in [0.2, 0.25) is 17.7 Å². The van der Waals surface area contributed by atoms with E-state index >= 15 is 0 Å². The van der Waals surface area contributed by atoms with Crippen molar-refractivity contribution >= 4 is 53.2 Å². The first-order valence-electron chi connectivity index (χ1n) is 12.3. The maximum Gasteiger partial charge on any atom is 0.326 e. The highest BCUT2D eigenvalue weighted by atomic mass is 32.1. The summed E-state index contributed by atoms with van der Waals surface area (Å²) in [6.07, 6.45) is 3.76. The molecule has 3 rings (SSSR count). The van der Waals surface area contributed by atoms with Gasteiger partial charge in [0.25, 0.3) is 0 Å². The highest BCUT2D eigenvalue weighted by Crippen LogP contribution is 2.18. The molecule has 0 aliphatic carbocycles. The maximum absolute atomic E-state index is 13.0. The first-order valence-corrected chi connectivity index (χ1v) is 13.0. The Kier molecular flexibility index (Phi) is 10.7. The molecule has 0 spiro atoms. The van der Waals surface area contributed by atoms with E-state index in [0.717, 1.165) is 16.5 Å². The molecule has 3 aromatic rings. The number of hydrogen-bond acceptors (Lipinski definition) is 8. The summed E-state index contributed by atoms with van der Waals surface area (Å²) in [5, 5.41) is 26.8. The minimum atomic E-state index is -1.40. The van der Waals surface area contributed by atoms with E-state index in [0.29, 0.717) is 5.69 Å². The Morgan fingerprint density at radius 2 is 1.60 bits per heavy atom. The number of carbonyl (C=O) groups is 5. The third-order valence-electron chi connectivity index (χ3n) is 6.14. The number of aliphatic carboxylic acids is 2. The van der Waals surface area contributed by atoms with Crippen molar-refractivity contribution in [3.63, 3.8) is 0 Å². The summed E-state index contributed by atoms with van der Waals surface area (Å²) in [7, 11) is 0. The third kappa shape index (κ3) is 8.31. The Morgan fingerprint density at radius 1 is 0.925 bits per heavy atom. The van der Waals surface area contributed by atoms with Crippen molar-refractivity contribution in [1.29, 1.82) is 0 Å². The zero-order valence-corrected chi connectivity index (χ0v) is 22.2. The summed E-state index contributed by atoms with van der Waals surface area (Å²) in [6.45, 7) is 0. The lowest BCUT2D eigenvalue weighted by Gasteiger charge is -2.24. The number of thiol groups is 1. The molecule has 214 valence electrons. The second-order valence-corrected chi connectivity index (χ2v) is 9.45. The van der Waals surface area contributed by atoms with Gasteiger partial charge in [0.15, 0.2) is 0 Å². The first kappa shape index (κ1) is 30.2. The zero-order valence-electron chi connectivity index (χ0n) is 21.3. The molecule has 0 saturated carbocycles. The number of carboxylic acid groups (broad SMARTS) is 2. The van der Waals surface area contributed by atoms with Crippen LogP contribution in [0.25, 0.3) is 10.9 Å². The van der Waals surface area contributed by atoms with Crippen molar-refractivity contribution in [2.24, 2.45) is 5.73 Å². The SMILES string of the molecule is NC(Cc1c[nH]c2ccccc12)C(=O)NC(CS)C(=O)NC(CCC(=O)O)C(=O)NC(Cc1cnc[nH]1)C(=O)O. The molecule has 14 nitrogen and oxygen atoms in total. The summed E-state index contributed by atoms with van der Waals surface area (Å²) >= 11 is 4.12. The van der Waals surface area contributed by atoms with Gasteiger partial charge in [-0.1, -0.05) is 18.2 Å². The third-order valence-corrected chi connectivity index (χ3v) is 6.51. The number of fused-ring (bicyclic) bond motifs is 1. The summed E-state index contributed by atoms with van der Waals surface area (Å²) in [5.74, 6) is -5.05. The molecule has 0 fully saturated rings. The number of carbonyl (C=O) groups excluding carboxylic acids is 3. The van der Waals surface area contributed by atoms with E-state index in [1.165, 1.54) is 12.5 Å². The predicted octanol–water partition coefficient (Wildman–Crippen LogP) is -0.663. The van der Waals surface area contributed by atoms with Gasteiger partial charge in [-0.15, -0.1) is 0 Å². The minimum Gasteiger partial charge on any atom is -0.481 e. The first-order chi connectivity index (χ1) is 19.1. The molecule has 2 aromatic heterocycles. The predicted molar refractivity (Wildman–Crippen MR) is 146 cm³/mol. The fourth-order valence-electron chi connectivity index (χ4n) is 4.00. The Morgan fingerprint density at radius 3 is 2.25 bits per heavy atom. The number of amides is 3. The van der Waals surface area contributed by atoms with E-state index < -0.39 is 60.2 Å². The largest absolute Gasteiger partial charge is 0.481 e. The number of para-hydroxylation sites is 1. The molecule has 4 atom stereocenters. The molecule has 3 amide bonds. The van der Waals surface area contributed by atoms with Gasteiger partial charge in [-0.05, 0) is 24.5 Å². The van der Waals surface area contributed by atoms with Crippen LogP contribution < -0.4 is 21.7 Å². The standard InChI is InChI=1S/C25H31N7O7S/c26-16(7-13-9-28-17-4-2-1-3-15(13)17)22(35)32-20(11-40)24(37)30-18(5-6-21(33)34)23(36)31-19(25(38)39)8-14-10-27-12-29-14/h1-4,9-10,12,16,18-20,28,40H,5-8,11,26H2,(H,27,29)(H,30,37)(H,31,36)(H,32,35)(H,33,34)(H,38,39). The van der Waals surface area contributed by atoms with Crippen molar-refractivity contribution < 1.29 is 34.2 Å². The quantitative estimate of drug-likeness (QED) is 0.105. The number of hydrogen-bond donors (Lipinski definition) is 9. The maximum atomic E-state index is 13.0. The Hall–Kier alpha value is -4.37. The van der Waals surface area contributed by atoms with E-state index in [9.17, 15) is 29.1 Å². The van der Waals surface area contributed by atoms with Crippen LogP contribution in [0.2, 0.25) is 0 Å². The summed E-state index contributed by atoms with van der Waals surface area (Å²) in [4.78, 5) is 71.2. The molecule has 0 aliphatic heterocycles. The van der Waals surface area contributed by atoms with Crippen molar-refractivity contribution in [2.45, 2.75) is 49.9 Å². The van der Waals surface area contributed by atoms with E-state index in [2.05, 4.69) is 43.5 Å². The van der Waals surface area contributed by atoms with E-state index in [4.69, 9.17) is 10.8 Å². The molecule has 0 saturated heterocycles. The number of aromatic amines is 2. The van der Waals surface area contributed by atoms with Crippen LogP contribution in [0, 0.1) is 0 Å². The summed E-state index contributed by atoms with van der Waals surface area (Å²) in [5.41, 5.74) is 8.25. The van der Waals surface area contributed by atoms with Crippen molar-refractivity contribution in [2.75, 3.05) is 5.75 Å². The second kappa shape index (κ2) is 14.1. The monoisotopic (exact) mass is 573 g/mol. The van der Waals surface area contributed by atoms with Crippen molar-refractivity contribution in [3.8, 4) is 0 Å². The average Bonchev–Trinajstić information content (AvgIpc) is 3.58. The van der Waals surface area contributed by atoms with Crippen molar-refractivity contribution in [1.82, 2.24) is 30.9 Å². The van der Waals surface area contributed by atoms with Crippen LogP contribution in [0.4, 0.5) is 0 Å². The number of nitrogens with one attached hydrogen (secondary N) is 5. The van der Waals surface area contributed by atoms with Crippen LogP contribution in [0.1, 0.15) is 24.1 Å². The van der Waals surface area contributed by atoms with Gasteiger partial charge in [-0.2, -0.15) is 12.6 Å². The van der Waals surface area contributed by atoms with Gasteiger partial charge in [0.05, 0.1) is 12.4 Å². The average molecular weight is 574 g/mol. The smallest absolute Gasteiger partial charge is 0.326 e. The van der Waals surface area contributed by atoms with E-state index in [1.54, 1.807) is 6.20 Å². The second-order valence-electron chi connectivity index (χ2n) is 9.09. The zero-order chi connectivity index (χ0) is 29.2. The van der Waals surface area contributed by atoms with Gasteiger partial charge in [-0.25, -0.2) is 9.78 Å². The number of nitrogens with zero attached hydrogens (tertiary/aromatic N) is 1. The van der Waals surface area contributed by atoms with Crippen LogP contribution in [-0.4, -0.2) is 84.7 Å². The fraction of sp³-hybridized carbons (Fsp3) is 0.360. The number of rotatable bonds is 15. The normalized spacial score (nSPS) is 14.1. The van der Waals surface area contributed by atoms with Gasteiger partial charge < -0.3 is 41.9 Å². The molecule has 1 aromatic carbocycles. The van der Waals surface area contributed by atoms with Gasteiger partial charge in [0.1, 0.15) is 18.1 Å². The number of nitrogens with two attached hydrogens (primary N) is 1. The number of H-pyrrole nitrogens is 2. The summed E-state index contributed by atoms with van der Waals surface area (Å²) < 4.78 is 0. The highest BCUT2D eigenvalue weighted by Gasteiger charge is 2.30. The number of carboxylic acids is 2. The Labute approximate surface area is 233 Å². The lowest BCUT2D eigenvalue weighted by molar-refractivity contribution is -0.143. The molecule has 0 bridgehead atoms. The molecular weight excluding hydrogens is 542 g/mol. The van der Waals surface area contributed by atoms with Gasteiger partial charge >= 0.3 is 11.9 Å². The highest BCUT2D eigenvalue weighted by molar-refractivity contribution is 7.80. The minimum absolute atomic E-state index is 0.121. The molecule has 4 unspecified atom stereocenters. The fourth-order valence-corrected chi connectivity index (χ4v) is 4.26. The lowest BCUT2D eigenvalue weighted by atomic mass is 10.0. The van der Waals surface area contributed by atoms with Gasteiger partial charge in [-0.3, -0.25) is 19.2 Å². The molecule has 2 heterocycles. The van der Waals surface area contributed by atoms with Crippen molar-refractivity contribution in [3.05, 3.63) is 54.2 Å². The topological polar surface area (TPSA) is 232 Å². The van der Waals surface area contributed by atoms with Crippen LogP contribution in [0.15, 0.2) is 43.0 Å². The lowest BCUT2D eigenvalue weighted by Crippen LogP contribution is -2.58. The molecule has 40 heavy (non-hydrogen) atoms. The van der Waals surface area contributed by atoms with Crippen LogP contribution in [0.5, 0.6) is 0 Å². The molecule has 9 N–H and O–H groups in total. The molecule has 15 heteroatoms. The van der Waals surface area contributed by atoms with E-state index in [1.807, 2.05) is 24.3 Å². The number of aromatic nitrogens is 3. The molecular formula is C25H31N7O7S. The van der Waals surface area contributed by atoms with Crippen LogP contribution in [0.3, 0.4) is 0 Å². The van der Waals surface area contributed by atoms with Crippen LogP contribution >= 0.6 is 12.6 Å². The number of imidazole rings is 1.